The molecule has 32 heavy (non-hydrogen) atoms. The number of likely N-dealkylation sites (tertiary alicyclic amines) is 1. The second-order valence-corrected chi connectivity index (χ2v) is 9.10. The first-order valence-corrected chi connectivity index (χ1v) is 12.2. The van der Waals surface area contributed by atoms with E-state index in [1.807, 2.05) is 71.0 Å². The summed E-state index contributed by atoms with van der Waals surface area (Å²) >= 11 is 1.44. The number of carbonyl (C=O) groups is 1. The summed E-state index contributed by atoms with van der Waals surface area (Å²) in [6.07, 6.45) is 3.33. The van der Waals surface area contributed by atoms with Crippen LogP contribution in [0.15, 0.2) is 59.8 Å². The number of carbonyl (C=O) groups excluding carboxylic acids is 1. The van der Waals surface area contributed by atoms with Crippen molar-refractivity contribution in [1.82, 2.24) is 19.7 Å². The summed E-state index contributed by atoms with van der Waals surface area (Å²) in [6, 6.07) is 18.5. The highest BCUT2D eigenvalue weighted by molar-refractivity contribution is 7.99. The second-order valence-electron chi connectivity index (χ2n) is 8.15. The second kappa shape index (κ2) is 10.2. The number of ether oxygens (including phenoxy) is 1. The number of piperidine rings is 1. The molecule has 0 aliphatic carbocycles. The fourth-order valence-electron chi connectivity index (χ4n) is 4.34. The quantitative estimate of drug-likeness (QED) is 0.462. The smallest absolute Gasteiger partial charge is 0.233 e. The lowest BCUT2D eigenvalue weighted by Gasteiger charge is -2.39. The van der Waals surface area contributed by atoms with Crippen molar-refractivity contribution in [2.45, 2.75) is 57.3 Å². The SMILES string of the molecule is CCOc1ccc(-n2c(SCC(=O)N3[C@@H](C)CCC[C@@H]3C)nnc2-c2ccccc2)cc1. The van der Waals surface area contributed by atoms with Crippen molar-refractivity contribution >= 4 is 17.7 Å². The van der Waals surface area contributed by atoms with E-state index in [-0.39, 0.29) is 18.0 Å². The summed E-state index contributed by atoms with van der Waals surface area (Å²) in [4.78, 5) is 15.1. The fourth-order valence-corrected chi connectivity index (χ4v) is 5.16. The first kappa shape index (κ1) is 22.4. The van der Waals surface area contributed by atoms with Gasteiger partial charge in [0.25, 0.3) is 0 Å². The summed E-state index contributed by atoms with van der Waals surface area (Å²) in [5.74, 6) is 2.09. The van der Waals surface area contributed by atoms with Gasteiger partial charge in [0.15, 0.2) is 11.0 Å². The monoisotopic (exact) mass is 450 g/mol. The molecular weight excluding hydrogens is 420 g/mol. The molecule has 1 aliphatic heterocycles. The number of hydrogen-bond acceptors (Lipinski definition) is 5. The molecule has 0 unspecified atom stereocenters. The van der Waals surface area contributed by atoms with Crippen LogP contribution < -0.4 is 4.74 Å². The van der Waals surface area contributed by atoms with Crippen LogP contribution in [0, 0.1) is 0 Å². The fraction of sp³-hybridized carbons (Fsp3) is 0.400. The Bertz CT molecular complexity index is 1030. The number of hydrogen-bond donors (Lipinski definition) is 0. The third-order valence-corrected chi connectivity index (χ3v) is 6.79. The molecule has 0 radical (unpaired) electrons. The van der Waals surface area contributed by atoms with Gasteiger partial charge in [-0.05, 0) is 64.3 Å². The third-order valence-electron chi connectivity index (χ3n) is 5.88. The molecule has 1 fully saturated rings. The van der Waals surface area contributed by atoms with Gasteiger partial charge in [0.1, 0.15) is 5.75 Å². The topological polar surface area (TPSA) is 60.2 Å². The van der Waals surface area contributed by atoms with Crippen molar-refractivity contribution in [3.05, 3.63) is 54.6 Å². The maximum Gasteiger partial charge on any atom is 0.233 e. The van der Waals surface area contributed by atoms with E-state index in [0.717, 1.165) is 35.7 Å². The lowest BCUT2D eigenvalue weighted by molar-refractivity contribution is -0.134. The average Bonchev–Trinajstić information content (AvgIpc) is 3.23. The number of thioether (sulfide) groups is 1. The Kier molecular flexibility index (Phi) is 7.15. The largest absolute Gasteiger partial charge is 0.494 e. The summed E-state index contributed by atoms with van der Waals surface area (Å²) in [5, 5.41) is 9.64. The molecule has 0 spiro atoms. The van der Waals surface area contributed by atoms with Crippen molar-refractivity contribution < 1.29 is 9.53 Å². The molecule has 2 atom stereocenters. The van der Waals surface area contributed by atoms with Crippen LogP contribution in [0.1, 0.15) is 40.0 Å². The van der Waals surface area contributed by atoms with Gasteiger partial charge in [0.2, 0.25) is 5.91 Å². The molecule has 1 saturated heterocycles. The lowest BCUT2D eigenvalue weighted by atomic mass is 9.98. The van der Waals surface area contributed by atoms with Crippen LogP contribution >= 0.6 is 11.8 Å². The average molecular weight is 451 g/mol. The first-order valence-electron chi connectivity index (χ1n) is 11.3. The van der Waals surface area contributed by atoms with Crippen molar-refractivity contribution in [2.75, 3.05) is 12.4 Å². The highest BCUT2D eigenvalue weighted by atomic mass is 32.2. The minimum absolute atomic E-state index is 0.164. The zero-order valence-electron chi connectivity index (χ0n) is 18.9. The van der Waals surface area contributed by atoms with Crippen molar-refractivity contribution in [2.24, 2.45) is 0 Å². The molecular formula is C25H30N4O2S. The number of rotatable bonds is 7. The highest BCUT2D eigenvalue weighted by Crippen LogP contribution is 2.30. The molecule has 0 saturated carbocycles. The first-order chi connectivity index (χ1) is 15.6. The molecule has 1 aliphatic rings. The van der Waals surface area contributed by atoms with Crippen molar-refractivity contribution in [1.29, 1.82) is 0 Å². The zero-order valence-corrected chi connectivity index (χ0v) is 19.7. The molecule has 7 heteroatoms. The van der Waals surface area contributed by atoms with Gasteiger partial charge >= 0.3 is 0 Å². The molecule has 0 N–H and O–H groups in total. The van der Waals surface area contributed by atoms with Gasteiger partial charge in [-0.15, -0.1) is 10.2 Å². The minimum atomic E-state index is 0.164. The zero-order chi connectivity index (χ0) is 22.5. The standard InChI is InChI=1S/C25H30N4O2S/c1-4-31-22-15-13-21(14-16-22)29-24(20-11-6-5-7-12-20)26-27-25(29)32-17-23(30)28-18(2)9-8-10-19(28)3/h5-7,11-16,18-19H,4,8-10,17H2,1-3H3/t18-,19-/m0/s1. The Hall–Kier alpha value is -2.80. The summed E-state index contributed by atoms with van der Waals surface area (Å²) in [7, 11) is 0. The maximum atomic E-state index is 13.1. The van der Waals surface area contributed by atoms with E-state index >= 15 is 0 Å². The number of aromatic nitrogens is 3. The summed E-state index contributed by atoms with van der Waals surface area (Å²) in [5.41, 5.74) is 1.91. The van der Waals surface area contributed by atoms with Gasteiger partial charge in [0.05, 0.1) is 12.4 Å². The van der Waals surface area contributed by atoms with Crippen LogP contribution in [0.4, 0.5) is 0 Å². The van der Waals surface area contributed by atoms with Gasteiger partial charge in [-0.1, -0.05) is 42.1 Å². The summed E-state index contributed by atoms with van der Waals surface area (Å²) in [6.45, 7) is 6.89. The minimum Gasteiger partial charge on any atom is -0.494 e. The highest BCUT2D eigenvalue weighted by Gasteiger charge is 2.29. The van der Waals surface area contributed by atoms with Crippen LogP contribution in [-0.4, -0.2) is 50.0 Å². The molecule has 168 valence electrons. The Balaban J connectivity index is 1.62. The van der Waals surface area contributed by atoms with Gasteiger partial charge in [-0.25, -0.2) is 0 Å². The molecule has 0 bridgehead atoms. The van der Waals surface area contributed by atoms with E-state index < -0.39 is 0 Å². The predicted octanol–water partition coefficient (Wildman–Crippen LogP) is 5.21. The molecule has 1 aromatic heterocycles. The van der Waals surface area contributed by atoms with Crippen molar-refractivity contribution in [3.63, 3.8) is 0 Å². The molecule has 2 heterocycles. The molecule has 3 aromatic rings. The van der Waals surface area contributed by atoms with Crippen LogP contribution in [0.3, 0.4) is 0 Å². The van der Waals surface area contributed by atoms with Crippen molar-refractivity contribution in [3.8, 4) is 22.8 Å². The van der Waals surface area contributed by atoms with E-state index in [0.29, 0.717) is 17.5 Å². The summed E-state index contributed by atoms with van der Waals surface area (Å²) < 4.78 is 7.61. The molecule has 2 aromatic carbocycles. The Morgan fingerprint density at radius 3 is 2.38 bits per heavy atom. The molecule has 6 nitrogen and oxygen atoms in total. The normalized spacial score (nSPS) is 18.5. The Labute approximate surface area is 194 Å². The third kappa shape index (κ3) is 4.83. The molecule has 4 rings (SSSR count). The lowest BCUT2D eigenvalue weighted by Crippen LogP contribution is -2.48. The van der Waals surface area contributed by atoms with E-state index in [1.54, 1.807) is 0 Å². The number of nitrogens with zero attached hydrogens (tertiary/aromatic N) is 4. The number of amides is 1. The van der Waals surface area contributed by atoms with Crippen LogP contribution in [0.5, 0.6) is 5.75 Å². The van der Waals surface area contributed by atoms with E-state index in [2.05, 4.69) is 24.0 Å². The van der Waals surface area contributed by atoms with Gasteiger partial charge in [-0.2, -0.15) is 0 Å². The van der Waals surface area contributed by atoms with E-state index in [4.69, 9.17) is 4.74 Å². The van der Waals surface area contributed by atoms with Crippen LogP contribution in [0.25, 0.3) is 17.1 Å². The van der Waals surface area contributed by atoms with E-state index in [9.17, 15) is 4.79 Å². The van der Waals surface area contributed by atoms with Gasteiger partial charge in [0, 0.05) is 23.3 Å². The van der Waals surface area contributed by atoms with Gasteiger partial charge < -0.3 is 9.64 Å². The van der Waals surface area contributed by atoms with Crippen LogP contribution in [0.2, 0.25) is 0 Å². The Morgan fingerprint density at radius 2 is 1.72 bits per heavy atom. The maximum absolute atomic E-state index is 13.1. The molecule has 1 amide bonds. The van der Waals surface area contributed by atoms with Gasteiger partial charge in [-0.3, -0.25) is 9.36 Å². The predicted molar refractivity (Wildman–Crippen MR) is 128 cm³/mol. The van der Waals surface area contributed by atoms with Crippen LogP contribution in [-0.2, 0) is 4.79 Å². The van der Waals surface area contributed by atoms with E-state index in [1.165, 1.54) is 18.2 Å². The Morgan fingerprint density at radius 1 is 1.03 bits per heavy atom. The number of benzene rings is 2.